The van der Waals surface area contributed by atoms with Crippen LogP contribution < -0.4 is 10.6 Å². The van der Waals surface area contributed by atoms with Crippen molar-refractivity contribution < 1.29 is 14.4 Å². The first-order valence-corrected chi connectivity index (χ1v) is 9.80. The molecule has 0 saturated heterocycles. The van der Waals surface area contributed by atoms with Gasteiger partial charge in [-0.2, -0.15) is 0 Å². The fourth-order valence-electron chi connectivity index (χ4n) is 3.12. The normalized spacial score (nSPS) is 13.2. The van der Waals surface area contributed by atoms with Crippen LogP contribution in [0.15, 0.2) is 24.4 Å². The summed E-state index contributed by atoms with van der Waals surface area (Å²) < 4.78 is 0. The van der Waals surface area contributed by atoms with E-state index in [1.165, 1.54) is 0 Å². The maximum atomic E-state index is 12.8. The molecule has 6 heteroatoms. The maximum absolute atomic E-state index is 12.8. The Morgan fingerprint density at radius 2 is 1.89 bits per heavy atom. The second-order valence-corrected chi connectivity index (χ2v) is 7.45. The second-order valence-electron chi connectivity index (χ2n) is 7.45. The number of aryl methyl sites for hydroxylation is 1. The molecule has 3 rings (SSSR count). The highest BCUT2D eigenvalue weighted by atomic mass is 16.2. The van der Waals surface area contributed by atoms with Gasteiger partial charge in [0, 0.05) is 30.8 Å². The number of amides is 2. The van der Waals surface area contributed by atoms with Crippen molar-refractivity contribution in [3.05, 3.63) is 57.9 Å². The van der Waals surface area contributed by atoms with Crippen molar-refractivity contribution in [1.29, 1.82) is 0 Å². The van der Waals surface area contributed by atoms with E-state index in [1.807, 2.05) is 19.9 Å². The predicted molar refractivity (Wildman–Crippen MR) is 108 cm³/mol. The Morgan fingerprint density at radius 3 is 2.57 bits per heavy atom. The molecule has 0 unspecified atom stereocenters. The van der Waals surface area contributed by atoms with E-state index in [-0.39, 0.29) is 30.1 Å². The summed E-state index contributed by atoms with van der Waals surface area (Å²) in [6.45, 7) is 6.29. The number of carbonyl (C=O) groups is 3. The topological polar surface area (TPSA) is 91.1 Å². The van der Waals surface area contributed by atoms with Gasteiger partial charge < -0.3 is 15.6 Å². The molecule has 6 nitrogen and oxygen atoms in total. The largest absolute Gasteiger partial charge is 0.358 e. The van der Waals surface area contributed by atoms with Gasteiger partial charge in [-0.05, 0) is 61.9 Å². The van der Waals surface area contributed by atoms with Crippen LogP contribution in [0.2, 0.25) is 0 Å². The number of rotatable bonds is 8. The molecule has 1 aliphatic carbocycles. The smallest absolute Gasteiger partial charge is 0.253 e. The van der Waals surface area contributed by atoms with Gasteiger partial charge in [-0.3, -0.25) is 14.4 Å². The summed E-state index contributed by atoms with van der Waals surface area (Å²) in [4.78, 5) is 40.3. The van der Waals surface area contributed by atoms with Crippen LogP contribution in [0, 0.1) is 13.8 Å². The van der Waals surface area contributed by atoms with Crippen molar-refractivity contribution >= 4 is 17.6 Å². The Hall–Kier alpha value is -2.89. The fraction of sp³-hybridized carbons (Fsp3) is 0.409. The molecule has 0 bridgehead atoms. The number of nitrogens with one attached hydrogen (secondary N) is 3. The quantitative estimate of drug-likeness (QED) is 0.614. The second kappa shape index (κ2) is 8.42. The predicted octanol–water partition coefficient (Wildman–Crippen LogP) is 3.09. The highest BCUT2D eigenvalue weighted by molar-refractivity contribution is 6.03. The number of aromatic nitrogens is 1. The molecule has 1 aliphatic rings. The van der Waals surface area contributed by atoms with Crippen LogP contribution in [-0.2, 0) is 6.42 Å². The Kier molecular flexibility index (Phi) is 5.97. The summed E-state index contributed by atoms with van der Waals surface area (Å²) in [5, 5.41) is 5.80. The number of aromatic amines is 1. The molecular weight excluding hydrogens is 354 g/mol. The molecule has 28 heavy (non-hydrogen) atoms. The van der Waals surface area contributed by atoms with E-state index in [1.54, 1.807) is 25.3 Å². The van der Waals surface area contributed by atoms with Crippen LogP contribution in [0.1, 0.15) is 74.1 Å². The number of hydrogen-bond donors (Lipinski definition) is 3. The van der Waals surface area contributed by atoms with Gasteiger partial charge in [0.15, 0.2) is 5.78 Å². The highest BCUT2D eigenvalue weighted by Crippen LogP contribution is 2.21. The zero-order valence-corrected chi connectivity index (χ0v) is 16.6. The van der Waals surface area contributed by atoms with E-state index in [2.05, 4.69) is 15.6 Å². The summed E-state index contributed by atoms with van der Waals surface area (Å²) in [6.07, 6.45) is 4.67. The van der Waals surface area contributed by atoms with E-state index in [9.17, 15) is 14.4 Å². The number of Topliss-reactive ketones (excluding diaryl/α,β-unsaturated/α-hetero) is 1. The van der Waals surface area contributed by atoms with Crippen LogP contribution in [0.25, 0.3) is 0 Å². The van der Waals surface area contributed by atoms with E-state index < -0.39 is 0 Å². The van der Waals surface area contributed by atoms with Gasteiger partial charge in [0.05, 0.1) is 11.3 Å². The molecule has 148 valence electrons. The zero-order valence-electron chi connectivity index (χ0n) is 16.6. The van der Waals surface area contributed by atoms with Crippen LogP contribution in [0.4, 0.5) is 0 Å². The van der Waals surface area contributed by atoms with Gasteiger partial charge in [-0.15, -0.1) is 0 Å². The molecule has 1 heterocycles. The average Bonchev–Trinajstić information content (AvgIpc) is 3.40. The summed E-state index contributed by atoms with van der Waals surface area (Å²) >= 11 is 0. The van der Waals surface area contributed by atoms with Crippen molar-refractivity contribution in [2.75, 3.05) is 6.54 Å². The van der Waals surface area contributed by atoms with Crippen LogP contribution in [0.5, 0.6) is 0 Å². The maximum Gasteiger partial charge on any atom is 0.253 e. The lowest BCUT2D eigenvalue weighted by atomic mass is 9.97. The Morgan fingerprint density at radius 1 is 1.14 bits per heavy atom. The zero-order chi connectivity index (χ0) is 20.3. The van der Waals surface area contributed by atoms with E-state index in [0.717, 1.165) is 30.4 Å². The lowest BCUT2D eigenvalue weighted by molar-refractivity contribution is 0.0942. The molecule has 0 atom stereocenters. The van der Waals surface area contributed by atoms with Gasteiger partial charge in [0.25, 0.3) is 11.8 Å². The van der Waals surface area contributed by atoms with Gasteiger partial charge in [0.2, 0.25) is 0 Å². The average molecular weight is 381 g/mol. The standard InChI is InChI=1S/C22H27N3O3/c1-4-9-23-22(28)18-12-24-20(14(18)3)19(26)11-16-10-15(6-5-13(16)2)21(27)25-17-7-8-17/h5-6,10,12,17,24H,4,7-9,11H2,1-3H3,(H,23,28)(H,25,27). The minimum atomic E-state index is -0.176. The van der Waals surface area contributed by atoms with Crippen molar-refractivity contribution in [2.24, 2.45) is 0 Å². The van der Waals surface area contributed by atoms with E-state index in [0.29, 0.717) is 28.9 Å². The van der Waals surface area contributed by atoms with Crippen molar-refractivity contribution in [2.45, 2.75) is 52.5 Å². The van der Waals surface area contributed by atoms with Crippen LogP contribution in [0.3, 0.4) is 0 Å². The molecule has 1 fully saturated rings. The SMILES string of the molecule is CCCNC(=O)c1c[nH]c(C(=O)Cc2cc(C(=O)NC3CC3)ccc2C)c1C. The molecule has 2 amide bonds. The summed E-state index contributed by atoms with van der Waals surface area (Å²) in [5.74, 6) is -0.374. The Balaban J connectivity index is 1.75. The lowest BCUT2D eigenvalue weighted by Crippen LogP contribution is -2.25. The van der Waals surface area contributed by atoms with Crippen molar-refractivity contribution in [3.63, 3.8) is 0 Å². The summed E-state index contributed by atoms with van der Waals surface area (Å²) in [5.41, 5.74) is 3.93. The van der Waals surface area contributed by atoms with Crippen LogP contribution in [-0.4, -0.2) is 35.2 Å². The Bertz CT molecular complexity index is 910. The van der Waals surface area contributed by atoms with Gasteiger partial charge in [-0.1, -0.05) is 13.0 Å². The molecule has 1 saturated carbocycles. The summed E-state index contributed by atoms with van der Waals surface area (Å²) in [7, 11) is 0. The van der Waals surface area contributed by atoms with Gasteiger partial charge in [0.1, 0.15) is 0 Å². The van der Waals surface area contributed by atoms with Crippen LogP contribution >= 0.6 is 0 Å². The molecule has 1 aromatic carbocycles. The van der Waals surface area contributed by atoms with E-state index >= 15 is 0 Å². The highest BCUT2D eigenvalue weighted by Gasteiger charge is 2.24. The van der Waals surface area contributed by atoms with E-state index in [4.69, 9.17) is 0 Å². The first kappa shape index (κ1) is 19.9. The molecule has 0 spiro atoms. The minimum Gasteiger partial charge on any atom is -0.358 e. The first-order valence-electron chi connectivity index (χ1n) is 9.80. The van der Waals surface area contributed by atoms with Crippen molar-refractivity contribution in [3.8, 4) is 0 Å². The number of carbonyl (C=O) groups excluding carboxylic acids is 3. The number of H-pyrrole nitrogens is 1. The third-order valence-electron chi connectivity index (χ3n) is 5.07. The van der Waals surface area contributed by atoms with Gasteiger partial charge >= 0.3 is 0 Å². The summed E-state index contributed by atoms with van der Waals surface area (Å²) in [6, 6.07) is 5.74. The Labute approximate surface area is 165 Å². The first-order chi connectivity index (χ1) is 13.4. The number of benzene rings is 1. The molecule has 2 aromatic rings. The van der Waals surface area contributed by atoms with Gasteiger partial charge in [-0.25, -0.2) is 0 Å². The third kappa shape index (κ3) is 4.50. The number of hydrogen-bond acceptors (Lipinski definition) is 3. The molecule has 0 aliphatic heterocycles. The molecular formula is C22H27N3O3. The van der Waals surface area contributed by atoms with Crippen molar-refractivity contribution in [1.82, 2.24) is 15.6 Å². The number of ketones is 1. The lowest BCUT2D eigenvalue weighted by Gasteiger charge is -2.09. The molecule has 1 aromatic heterocycles. The third-order valence-corrected chi connectivity index (χ3v) is 5.07. The monoisotopic (exact) mass is 381 g/mol. The molecule has 0 radical (unpaired) electrons. The molecule has 3 N–H and O–H groups in total. The minimum absolute atomic E-state index is 0.0952. The fourth-order valence-corrected chi connectivity index (χ4v) is 3.12.